The molecule has 0 aliphatic carbocycles. The molecule has 1 nitrogen and oxygen atoms in total. The molecule has 0 heterocycles. The molecule has 0 saturated heterocycles. The number of hydrogen-bond donors (Lipinski definition) is 1. The van der Waals surface area contributed by atoms with Crippen molar-refractivity contribution in [2.24, 2.45) is 5.73 Å². The van der Waals surface area contributed by atoms with Crippen LogP contribution in [-0.2, 0) is 0 Å². The van der Waals surface area contributed by atoms with Crippen molar-refractivity contribution in [3.8, 4) is 0 Å². The van der Waals surface area contributed by atoms with E-state index in [0.29, 0.717) is 0 Å². The predicted octanol–water partition coefficient (Wildman–Crippen LogP) is 1.26. The Morgan fingerprint density at radius 3 is 0.875 bits per heavy atom. The number of nitrogens with two attached hydrogens (primary N) is 1. The molecule has 0 atom stereocenters. The molecule has 0 aliphatic rings. The van der Waals surface area contributed by atoms with E-state index in [2.05, 4.69) is 5.73 Å². The highest BCUT2D eigenvalue weighted by molar-refractivity contribution is 4.99. The van der Waals surface area contributed by atoms with Gasteiger partial charge in [0, 0.05) is 0 Å². The van der Waals surface area contributed by atoms with Gasteiger partial charge in [-0.1, -0.05) is 36.4 Å². The van der Waals surface area contributed by atoms with Gasteiger partial charge in [0.2, 0.25) is 0 Å². The topological polar surface area (TPSA) is 26.0 Å². The molecule has 0 amide bonds. The Morgan fingerprint density at radius 1 is 0.625 bits per heavy atom. The standard InChI is InChI=1S/C6H6.CH5N/c1-2-4-6-5-3-1;1-2/h1-6H;2H2,1H3. The largest absolute Gasteiger partial charge is 0.333 e. The van der Waals surface area contributed by atoms with Crippen LogP contribution in [0.3, 0.4) is 0 Å². The molecule has 8 heavy (non-hydrogen) atoms. The van der Waals surface area contributed by atoms with Crippen LogP contribution < -0.4 is 5.73 Å². The summed E-state index contributed by atoms with van der Waals surface area (Å²) in [7, 11) is 1.50. The van der Waals surface area contributed by atoms with Crippen molar-refractivity contribution in [2.45, 2.75) is 0 Å². The lowest BCUT2D eigenvalue weighted by Gasteiger charge is -1.69. The van der Waals surface area contributed by atoms with E-state index in [-0.39, 0.29) is 0 Å². The second-order valence-corrected chi connectivity index (χ2v) is 1.15. The summed E-state index contributed by atoms with van der Waals surface area (Å²) in [6.07, 6.45) is 0. The zero-order valence-corrected chi connectivity index (χ0v) is 5.04. The van der Waals surface area contributed by atoms with Gasteiger partial charge in [-0.15, -0.1) is 0 Å². The zero-order chi connectivity index (χ0) is 6.24. The van der Waals surface area contributed by atoms with Gasteiger partial charge >= 0.3 is 0 Å². The van der Waals surface area contributed by atoms with E-state index in [4.69, 9.17) is 0 Å². The van der Waals surface area contributed by atoms with Gasteiger partial charge in [-0.05, 0) is 7.05 Å². The molecule has 0 saturated carbocycles. The summed E-state index contributed by atoms with van der Waals surface area (Å²) in [6.45, 7) is 0. The summed E-state index contributed by atoms with van der Waals surface area (Å²) < 4.78 is 0. The second-order valence-electron chi connectivity index (χ2n) is 1.15. The van der Waals surface area contributed by atoms with Crippen LogP contribution in [0.4, 0.5) is 0 Å². The van der Waals surface area contributed by atoms with Gasteiger partial charge in [0.25, 0.3) is 0 Å². The molecule has 1 rings (SSSR count). The third kappa shape index (κ3) is 3.37. The molecule has 1 heteroatoms. The van der Waals surface area contributed by atoms with Crippen molar-refractivity contribution in [1.82, 2.24) is 0 Å². The summed E-state index contributed by atoms with van der Waals surface area (Å²) in [5.41, 5.74) is 4.50. The Bertz CT molecular complexity index is 76.3. The van der Waals surface area contributed by atoms with Crippen LogP contribution in [0.1, 0.15) is 0 Å². The fourth-order valence-electron chi connectivity index (χ4n) is 0.385. The molecule has 44 valence electrons. The number of rotatable bonds is 0. The highest BCUT2D eigenvalue weighted by Gasteiger charge is 1.57. The first-order valence-electron chi connectivity index (χ1n) is 2.58. The smallest absolute Gasteiger partial charge is 0.0195 e. The van der Waals surface area contributed by atoms with Gasteiger partial charge in [-0.3, -0.25) is 0 Å². The summed E-state index contributed by atoms with van der Waals surface area (Å²) in [5, 5.41) is 0. The van der Waals surface area contributed by atoms with Crippen LogP contribution in [0, 0.1) is 0 Å². The Labute approximate surface area is 50.1 Å². The lowest BCUT2D eigenvalue weighted by atomic mass is 10.4. The zero-order valence-electron chi connectivity index (χ0n) is 5.04. The van der Waals surface area contributed by atoms with Crippen molar-refractivity contribution in [3.05, 3.63) is 36.4 Å². The molecule has 0 radical (unpaired) electrons. The van der Waals surface area contributed by atoms with Gasteiger partial charge in [0.05, 0.1) is 0 Å². The highest BCUT2D eigenvalue weighted by Crippen LogP contribution is 1.79. The number of hydrogen-bond acceptors (Lipinski definition) is 1. The van der Waals surface area contributed by atoms with Crippen molar-refractivity contribution in [2.75, 3.05) is 7.05 Å². The SMILES string of the molecule is CN.c1ccccc1. The second kappa shape index (κ2) is 6.18. The molecular formula is C7H11N. The third-order valence-corrected chi connectivity index (χ3v) is 0.667. The first-order valence-corrected chi connectivity index (χ1v) is 2.58. The average Bonchev–Trinajstić information content (AvgIpc) is 1.96. The maximum atomic E-state index is 4.50. The molecular weight excluding hydrogens is 98.1 g/mol. The van der Waals surface area contributed by atoms with E-state index >= 15 is 0 Å². The molecule has 1 aromatic carbocycles. The molecule has 0 fully saturated rings. The van der Waals surface area contributed by atoms with Crippen LogP contribution in [0.5, 0.6) is 0 Å². The molecule has 0 bridgehead atoms. The van der Waals surface area contributed by atoms with Gasteiger partial charge in [-0.25, -0.2) is 0 Å². The summed E-state index contributed by atoms with van der Waals surface area (Å²) >= 11 is 0. The molecule has 0 unspecified atom stereocenters. The van der Waals surface area contributed by atoms with E-state index in [0.717, 1.165) is 0 Å². The monoisotopic (exact) mass is 109 g/mol. The molecule has 0 spiro atoms. The van der Waals surface area contributed by atoms with Crippen LogP contribution in [-0.4, -0.2) is 7.05 Å². The first-order chi connectivity index (χ1) is 4.00. The van der Waals surface area contributed by atoms with Crippen molar-refractivity contribution in [1.29, 1.82) is 0 Å². The maximum absolute atomic E-state index is 4.50. The Kier molecular flexibility index (Phi) is 5.55. The van der Waals surface area contributed by atoms with Crippen LogP contribution in [0.15, 0.2) is 36.4 Å². The number of benzene rings is 1. The molecule has 0 aliphatic heterocycles. The van der Waals surface area contributed by atoms with E-state index < -0.39 is 0 Å². The lowest BCUT2D eigenvalue weighted by Crippen LogP contribution is -1.69. The normalized spacial score (nSPS) is 6.75. The van der Waals surface area contributed by atoms with Gasteiger partial charge in [-0.2, -0.15) is 0 Å². The molecule has 0 aromatic heterocycles. The van der Waals surface area contributed by atoms with Crippen LogP contribution in [0.25, 0.3) is 0 Å². The molecule has 1 aromatic rings. The molecule has 2 N–H and O–H groups in total. The summed E-state index contributed by atoms with van der Waals surface area (Å²) in [6, 6.07) is 12.0. The minimum absolute atomic E-state index is 1.50. The highest BCUT2D eigenvalue weighted by atomic mass is 14.4. The minimum atomic E-state index is 1.50. The Balaban J connectivity index is 0.000000222. The van der Waals surface area contributed by atoms with E-state index in [1.165, 1.54) is 7.05 Å². The average molecular weight is 109 g/mol. The lowest BCUT2D eigenvalue weighted by molar-refractivity contribution is 1.48. The fourth-order valence-corrected chi connectivity index (χ4v) is 0.385. The Hall–Kier alpha value is -0.820. The minimum Gasteiger partial charge on any atom is -0.333 e. The third-order valence-electron chi connectivity index (χ3n) is 0.667. The van der Waals surface area contributed by atoms with Gasteiger partial charge < -0.3 is 5.73 Å². The maximum Gasteiger partial charge on any atom is -0.0195 e. The van der Waals surface area contributed by atoms with Crippen molar-refractivity contribution >= 4 is 0 Å². The first kappa shape index (κ1) is 7.18. The van der Waals surface area contributed by atoms with Crippen LogP contribution in [0.2, 0.25) is 0 Å². The summed E-state index contributed by atoms with van der Waals surface area (Å²) in [4.78, 5) is 0. The predicted molar refractivity (Wildman–Crippen MR) is 36.6 cm³/mol. The fraction of sp³-hybridized carbons (Fsp3) is 0.143. The quantitative estimate of drug-likeness (QED) is 0.533. The Morgan fingerprint density at radius 2 is 0.750 bits per heavy atom. The van der Waals surface area contributed by atoms with E-state index in [9.17, 15) is 0 Å². The van der Waals surface area contributed by atoms with E-state index in [1.54, 1.807) is 0 Å². The summed E-state index contributed by atoms with van der Waals surface area (Å²) in [5.74, 6) is 0. The van der Waals surface area contributed by atoms with E-state index in [1.807, 2.05) is 36.4 Å². The van der Waals surface area contributed by atoms with Crippen molar-refractivity contribution in [3.63, 3.8) is 0 Å². The van der Waals surface area contributed by atoms with Gasteiger partial charge in [0.15, 0.2) is 0 Å². The van der Waals surface area contributed by atoms with Crippen molar-refractivity contribution < 1.29 is 0 Å². The van der Waals surface area contributed by atoms with Gasteiger partial charge in [0.1, 0.15) is 0 Å². The van der Waals surface area contributed by atoms with Crippen LogP contribution >= 0.6 is 0 Å².